The molecule has 11 heteroatoms. The molecular weight excluding hydrogens is 408 g/mol. The van der Waals surface area contributed by atoms with E-state index in [1.165, 1.54) is 0 Å². The molecule has 0 aromatic rings. The van der Waals surface area contributed by atoms with Crippen LogP contribution in [0.5, 0.6) is 0 Å². The molecule has 0 saturated carbocycles. The van der Waals surface area contributed by atoms with E-state index in [9.17, 15) is 29.4 Å². The number of hydrogen-bond acceptors (Lipinski definition) is 8. The lowest BCUT2D eigenvalue weighted by molar-refractivity contribution is -0.140. The highest BCUT2D eigenvalue weighted by Crippen LogP contribution is 2.03. The van der Waals surface area contributed by atoms with Gasteiger partial charge >= 0.3 is 17.9 Å². The van der Waals surface area contributed by atoms with Crippen LogP contribution in [0.25, 0.3) is 0 Å². The maximum Gasteiger partial charge on any atom is 0.317 e. The average molecular weight is 445 g/mol. The SMILES string of the molecule is CCCCC(=O)CN1CCN(CC(=O)O)CCN(CC(=O)O)CCN(CC(=O)O)CC1. The van der Waals surface area contributed by atoms with Crippen LogP contribution in [0.15, 0.2) is 0 Å². The van der Waals surface area contributed by atoms with Crippen LogP contribution >= 0.6 is 0 Å². The Labute approximate surface area is 183 Å². The molecule has 1 saturated heterocycles. The van der Waals surface area contributed by atoms with Gasteiger partial charge in [-0.15, -0.1) is 0 Å². The minimum Gasteiger partial charge on any atom is -0.480 e. The van der Waals surface area contributed by atoms with Gasteiger partial charge in [0.05, 0.1) is 26.2 Å². The number of rotatable bonds is 11. The molecule has 0 atom stereocenters. The minimum absolute atomic E-state index is 0.121. The molecule has 0 aromatic carbocycles. The van der Waals surface area contributed by atoms with Gasteiger partial charge in [0.2, 0.25) is 0 Å². The maximum atomic E-state index is 12.3. The Bertz CT molecular complexity index is 570. The van der Waals surface area contributed by atoms with E-state index in [-0.39, 0.29) is 32.0 Å². The summed E-state index contributed by atoms with van der Waals surface area (Å²) in [5.41, 5.74) is 0. The molecule has 1 fully saturated rings. The number of Topliss-reactive ketones (excluding diaryl/α,β-unsaturated/α-hetero) is 1. The quantitative estimate of drug-likeness (QED) is 0.369. The molecule has 0 aromatic heterocycles. The molecule has 0 amide bonds. The number of carboxylic acid groups (broad SMARTS) is 3. The molecule has 0 aliphatic carbocycles. The van der Waals surface area contributed by atoms with Crippen LogP contribution in [0.1, 0.15) is 26.2 Å². The first kappa shape index (κ1) is 27.0. The number of aliphatic carboxylic acids is 3. The predicted molar refractivity (Wildman–Crippen MR) is 113 cm³/mol. The monoisotopic (exact) mass is 444 g/mol. The van der Waals surface area contributed by atoms with Gasteiger partial charge in [0.15, 0.2) is 0 Å². The molecule has 178 valence electrons. The van der Waals surface area contributed by atoms with E-state index in [1.54, 1.807) is 14.7 Å². The van der Waals surface area contributed by atoms with Crippen molar-refractivity contribution >= 4 is 23.7 Å². The Hall–Kier alpha value is -2.08. The molecule has 1 aliphatic rings. The highest BCUT2D eigenvalue weighted by molar-refractivity contribution is 5.80. The summed E-state index contributed by atoms with van der Waals surface area (Å²) in [5.74, 6) is -2.79. The smallest absolute Gasteiger partial charge is 0.317 e. The average Bonchev–Trinajstić information content (AvgIpc) is 2.67. The molecule has 0 bridgehead atoms. The van der Waals surface area contributed by atoms with E-state index in [1.807, 2.05) is 11.8 Å². The molecule has 0 radical (unpaired) electrons. The van der Waals surface area contributed by atoms with E-state index < -0.39 is 17.9 Å². The van der Waals surface area contributed by atoms with Gasteiger partial charge in [0, 0.05) is 58.8 Å². The van der Waals surface area contributed by atoms with Crippen molar-refractivity contribution in [3.63, 3.8) is 0 Å². The van der Waals surface area contributed by atoms with Crippen molar-refractivity contribution in [1.29, 1.82) is 0 Å². The number of ketones is 1. The molecule has 0 spiro atoms. The number of carbonyl (C=O) groups excluding carboxylic acids is 1. The molecule has 1 rings (SSSR count). The number of nitrogens with zero attached hydrogens (tertiary/aromatic N) is 4. The Kier molecular flexibility index (Phi) is 12.9. The van der Waals surface area contributed by atoms with Crippen LogP contribution in [-0.4, -0.2) is 137 Å². The third-order valence-corrected chi connectivity index (χ3v) is 5.22. The van der Waals surface area contributed by atoms with Gasteiger partial charge in [-0.05, 0) is 6.42 Å². The molecule has 0 unspecified atom stereocenters. The fourth-order valence-electron chi connectivity index (χ4n) is 3.49. The van der Waals surface area contributed by atoms with E-state index in [2.05, 4.69) is 0 Å². The van der Waals surface area contributed by atoms with Gasteiger partial charge in [0.25, 0.3) is 0 Å². The zero-order valence-corrected chi connectivity index (χ0v) is 18.4. The van der Waals surface area contributed by atoms with Gasteiger partial charge < -0.3 is 15.3 Å². The molecular formula is C20H36N4O7. The van der Waals surface area contributed by atoms with Crippen LogP contribution in [0.4, 0.5) is 0 Å². The van der Waals surface area contributed by atoms with Crippen LogP contribution in [0.2, 0.25) is 0 Å². The second-order valence-electron chi connectivity index (χ2n) is 7.93. The van der Waals surface area contributed by atoms with Gasteiger partial charge in [-0.3, -0.25) is 38.8 Å². The summed E-state index contributed by atoms with van der Waals surface area (Å²) in [6, 6.07) is 0. The summed E-state index contributed by atoms with van der Waals surface area (Å²) in [6.07, 6.45) is 2.24. The predicted octanol–water partition coefficient (Wildman–Crippen LogP) is -0.779. The van der Waals surface area contributed by atoms with Gasteiger partial charge in [0.1, 0.15) is 5.78 Å². The van der Waals surface area contributed by atoms with Crippen molar-refractivity contribution in [3.8, 4) is 0 Å². The van der Waals surface area contributed by atoms with Crippen LogP contribution < -0.4 is 0 Å². The normalized spacial score (nSPS) is 18.7. The van der Waals surface area contributed by atoms with Crippen molar-refractivity contribution in [3.05, 3.63) is 0 Å². The van der Waals surface area contributed by atoms with Gasteiger partial charge in [-0.2, -0.15) is 0 Å². The second kappa shape index (κ2) is 14.8. The summed E-state index contributed by atoms with van der Waals surface area (Å²) in [7, 11) is 0. The maximum absolute atomic E-state index is 12.3. The Morgan fingerprint density at radius 2 is 0.871 bits per heavy atom. The van der Waals surface area contributed by atoms with Crippen LogP contribution in [0, 0.1) is 0 Å². The van der Waals surface area contributed by atoms with E-state index in [0.717, 1.165) is 12.8 Å². The van der Waals surface area contributed by atoms with Crippen molar-refractivity contribution in [2.75, 3.05) is 78.5 Å². The minimum atomic E-state index is -0.988. The lowest BCUT2D eigenvalue weighted by atomic mass is 10.2. The van der Waals surface area contributed by atoms with Gasteiger partial charge in [-0.1, -0.05) is 13.3 Å². The number of carbonyl (C=O) groups is 4. The molecule has 1 aliphatic heterocycles. The van der Waals surface area contributed by atoms with Gasteiger partial charge in [-0.25, -0.2) is 0 Å². The topological polar surface area (TPSA) is 142 Å². The molecule has 1 heterocycles. The lowest BCUT2D eigenvalue weighted by Gasteiger charge is -2.32. The van der Waals surface area contributed by atoms with E-state index in [4.69, 9.17) is 5.11 Å². The van der Waals surface area contributed by atoms with Crippen molar-refractivity contribution in [1.82, 2.24) is 19.6 Å². The molecule has 3 N–H and O–H groups in total. The lowest BCUT2D eigenvalue weighted by Crippen LogP contribution is -2.49. The number of unbranched alkanes of at least 4 members (excludes halogenated alkanes) is 1. The summed E-state index contributed by atoms with van der Waals surface area (Å²) < 4.78 is 0. The Balaban J connectivity index is 2.91. The van der Waals surface area contributed by atoms with Crippen molar-refractivity contribution in [2.45, 2.75) is 26.2 Å². The fourth-order valence-corrected chi connectivity index (χ4v) is 3.49. The van der Waals surface area contributed by atoms with E-state index in [0.29, 0.717) is 58.8 Å². The second-order valence-corrected chi connectivity index (χ2v) is 7.93. The van der Waals surface area contributed by atoms with Crippen LogP contribution in [0.3, 0.4) is 0 Å². The third-order valence-electron chi connectivity index (χ3n) is 5.22. The summed E-state index contributed by atoms with van der Waals surface area (Å²) in [5, 5.41) is 27.6. The third kappa shape index (κ3) is 13.0. The zero-order valence-electron chi connectivity index (χ0n) is 18.4. The summed E-state index contributed by atoms with van der Waals surface area (Å²) in [4.78, 5) is 53.1. The highest BCUT2D eigenvalue weighted by atomic mass is 16.4. The van der Waals surface area contributed by atoms with Crippen molar-refractivity contribution in [2.24, 2.45) is 0 Å². The Morgan fingerprint density at radius 1 is 0.581 bits per heavy atom. The first-order valence-corrected chi connectivity index (χ1v) is 10.8. The zero-order chi connectivity index (χ0) is 23.2. The number of carboxylic acids is 3. The molecule has 31 heavy (non-hydrogen) atoms. The fraction of sp³-hybridized carbons (Fsp3) is 0.800. The first-order chi connectivity index (χ1) is 14.7. The standard InChI is InChI=1S/C20H36N4O7/c1-2-3-4-17(25)13-21-5-7-22(14-18(26)27)9-11-24(16-20(30)31)12-10-23(8-6-21)15-19(28)29/h2-16H2,1H3,(H,26,27)(H,28,29)(H,30,31). The van der Waals surface area contributed by atoms with E-state index >= 15 is 0 Å². The number of hydrogen-bond donors (Lipinski definition) is 3. The van der Waals surface area contributed by atoms with Crippen LogP contribution in [-0.2, 0) is 19.2 Å². The largest absolute Gasteiger partial charge is 0.480 e. The summed E-state index contributed by atoms with van der Waals surface area (Å²) >= 11 is 0. The summed E-state index contributed by atoms with van der Waals surface area (Å²) in [6.45, 7) is 5.01. The Morgan fingerprint density at radius 3 is 1.13 bits per heavy atom. The first-order valence-electron chi connectivity index (χ1n) is 10.8. The molecule has 11 nitrogen and oxygen atoms in total. The van der Waals surface area contributed by atoms with Crippen molar-refractivity contribution < 1.29 is 34.5 Å². The highest BCUT2D eigenvalue weighted by Gasteiger charge is 2.20.